The van der Waals surface area contributed by atoms with Crippen molar-refractivity contribution in [2.75, 3.05) is 23.3 Å². The Morgan fingerprint density at radius 2 is 1.94 bits per heavy atom. The number of nitrogens with two attached hydrogens (primary N) is 1. The highest BCUT2D eigenvalue weighted by Crippen LogP contribution is 2.27. The second-order valence-electron chi connectivity index (χ2n) is 8.55. The van der Waals surface area contributed by atoms with Gasteiger partial charge in [-0.05, 0) is 44.4 Å². The highest BCUT2D eigenvalue weighted by atomic mass is 15.3. The van der Waals surface area contributed by atoms with Gasteiger partial charge >= 0.3 is 0 Å². The fourth-order valence-corrected chi connectivity index (χ4v) is 4.12. The number of rotatable bonds is 6. The summed E-state index contributed by atoms with van der Waals surface area (Å²) in [6.07, 6.45) is 7.48. The van der Waals surface area contributed by atoms with Crippen LogP contribution in [0, 0.1) is 0 Å². The number of piperidine rings is 1. The lowest BCUT2D eigenvalue weighted by atomic mass is 10.1. The normalized spacial score (nSPS) is 15.1. The molecule has 3 N–H and O–H groups in total. The number of anilines is 2. The van der Waals surface area contributed by atoms with Crippen LogP contribution in [0.5, 0.6) is 0 Å². The van der Waals surface area contributed by atoms with E-state index in [4.69, 9.17) is 15.7 Å². The van der Waals surface area contributed by atoms with Crippen molar-refractivity contribution in [3.05, 3.63) is 54.6 Å². The van der Waals surface area contributed by atoms with Crippen LogP contribution in [-0.2, 0) is 6.54 Å². The largest absolute Gasteiger partial charge is 0.364 e. The first-order valence-electron chi connectivity index (χ1n) is 11.2. The van der Waals surface area contributed by atoms with Crippen LogP contribution in [0.25, 0.3) is 16.9 Å². The van der Waals surface area contributed by atoms with Crippen molar-refractivity contribution in [2.24, 2.45) is 5.73 Å². The summed E-state index contributed by atoms with van der Waals surface area (Å²) in [5.74, 6) is 1.48. The third-order valence-corrected chi connectivity index (χ3v) is 5.98. The van der Waals surface area contributed by atoms with Gasteiger partial charge in [0.25, 0.3) is 0 Å². The van der Waals surface area contributed by atoms with Crippen LogP contribution in [0.1, 0.15) is 38.3 Å². The molecule has 0 spiro atoms. The molecule has 0 saturated carbocycles. The van der Waals surface area contributed by atoms with Crippen molar-refractivity contribution in [1.29, 1.82) is 0 Å². The summed E-state index contributed by atoms with van der Waals surface area (Å²) in [5.41, 5.74) is 9.90. The Morgan fingerprint density at radius 3 is 2.69 bits per heavy atom. The first-order valence-corrected chi connectivity index (χ1v) is 11.2. The van der Waals surface area contributed by atoms with Crippen LogP contribution in [0.15, 0.2) is 49.1 Å². The number of imidazole rings is 1. The van der Waals surface area contributed by atoms with Gasteiger partial charge in [0.15, 0.2) is 17.0 Å². The maximum absolute atomic E-state index is 6.11. The number of nitrogens with zero attached hydrogens (tertiary/aromatic N) is 7. The van der Waals surface area contributed by atoms with Gasteiger partial charge in [0.05, 0.1) is 12.0 Å². The lowest BCUT2D eigenvalue weighted by molar-refractivity contribution is 0.495. The monoisotopic (exact) mass is 431 g/mol. The van der Waals surface area contributed by atoms with Crippen molar-refractivity contribution in [3.63, 3.8) is 0 Å². The van der Waals surface area contributed by atoms with Gasteiger partial charge in [0.1, 0.15) is 0 Å². The number of benzene rings is 1. The lowest BCUT2D eigenvalue weighted by Gasteiger charge is -2.30. The van der Waals surface area contributed by atoms with Crippen LogP contribution in [0.4, 0.5) is 11.8 Å². The molecule has 4 heterocycles. The smallest absolute Gasteiger partial charge is 0.229 e. The molecule has 5 rings (SSSR count). The zero-order chi connectivity index (χ0) is 22.1. The molecule has 0 radical (unpaired) electrons. The van der Waals surface area contributed by atoms with Crippen molar-refractivity contribution in [3.8, 4) is 5.69 Å². The number of para-hydroxylation sites is 1. The number of hydrogen-bond donors (Lipinski definition) is 2. The van der Waals surface area contributed by atoms with E-state index in [1.54, 1.807) is 6.20 Å². The molecule has 32 heavy (non-hydrogen) atoms. The van der Waals surface area contributed by atoms with Gasteiger partial charge in [-0.1, -0.05) is 18.2 Å². The van der Waals surface area contributed by atoms with Crippen LogP contribution < -0.4 is 16.0 Å². The fourth-order valence-electron chi connectivity index (χ4n) is 4.12. The number of aromatic nitrogens is 6. The highest BCUT2D eigenvalue weighted by molar-refractivity contribution is 5.84. The van der Waals surface area contributed by atoms with Gasteiger partial charge in [-0.3, -0.25) is 0 Å². The molecular weight excluding hydrogens is 402 g/mol. The Labute approximate surface area is 187 Å². The summed E-state index contributed by atoms with van der Waals surface area (Å²) in [6, 6.07) is 10.7. The first kappa shape index (κ1) is 20.4. The van der Waals surface area contributed by atoms with Gasteiger partial charge in [0, 0.05) is 44.1 Å². The SMILES string of the molecule is CC(C)n1cnc2c(NCc3ccccc3-n3cccn3)nc(N3CCC(N)CC3)nc21. The second-order valence-corrected chi connectivity index (χ2v) is 8.55. The number of hydrogen-bond acceptors (Lipinski definition) is 7. The third kappa shape index (κ3) is 3.91. The van der Waals surface area contributed by atoms with E-state index in [2.05, 4.69) is 50.8 Å². The Morgan fingerprint density at radius 1 is 1.12 bits per heavy atom. The summed E-state index contributed by atoms with van der Waals surface area (Å²) in [7, 11) is 0. The predicted octanol–water partition coefficient (Wildman–Crippen LogP) is 3.13. The molecule has 0 aliphatic carbocycles. The van der Waals surface area contributed by atoms with Gasteiger partial charge < -0.3 is 20.5 Å². The van der Waals surface area contributed by atoms with E-state index in [1.807, 2.05) is 35.4 Å². The average Bonchev–Trinajstić information content (AvgIpc) is 3.48. The molecular formula is C23H29N9. The molecule has 3 aromatic heterocycles. The van der Waals surface area contributed by atoms with Gasteiger partial charge in [-0.25, -0.2) is 9.67 Å². The van der Waals surface area contributed by atoms with Crippen LogP contribution in [0.3, 0.4) is 0 Å². The molecule has 166 valence electrons. The summed E-state index contributed by atoms with van der Waals surface area (Å²) < 4.78 is 3.97. The van der Waals surface area contributed by atoms with E-state index >= 15 is 0 Å². The zero-order valence-corrected chi connectivity index (χ0v) is 18.5. The Kier molecular flexibility index (Phi) is 5.48. The van der Waals surface area contributed by atoms with E-state index in [1.165, 1.54) is 0 Å². The molecule has 0 amide bonds. The van der Waals surface area contributed by atoms with E-state index in [0.717, 1.165) is 60.1 Å². The Hall–Kier alpha value is -3.46. The molecule has 1 aliphatic rings. The Balaban J connectivity index is 1.50. The van der Waals surface area contributed by atoms with Crippen molar-refractivity contribution >= 4 is 22.9 Å². The van der Waals surface area contributed by atoms with Crippen LogP contribution >= 0.6 is 0 Å². The molecule has 0 unspecified atom stereocenters. The summed E-state index contributed by atoms with van der Waals surface area (Å²) in [6.45, 7) is 6.60. The van der Waals surface area contributed by atoms with Gasteiger partial charge in [-0.2, -0.15) is 15.1 Å². The Bertz CT molecular complexity index is 1190. The zero-order valence-electron chi connectivity index (χ0n) is 18.5. The molecule has 9 nitrogen and oxygen atoms in total. The summed E-state index contributed by atoms with van der Waals surface area (Å²) in [5, 5.41) is 7.91. The lowest BCUT2D eigenvalue weighted by Crippen LogP contribution is -2.40. The highest BCUT2D eigenvalue weighted by Gasteiger charge is 2.22. The average molecular weight is 432 g/mol. The van der Waals surface area contributed by atoms with Crippen molar-refractivity contribution in [2.45, 2.75) is 45.3 Å². The predicted molar refractivity (Wildman–Crippen MR) is 126 cm³/mol. The molecule has 1 fully saturated rings. The minimum atomic E-state index is 0.255. The van der Waals surface area contributed by atoms with E-state index < -0.39 is 0 Å². The molecule has 1 saturated heterocycles. The maximum atomic E-state index is 6.11. The minimum Gasteiger partial charge on any atom is -0.364 e. The standard InChI is InChI=1S/C23H29N9/c1-16(2)31-15-26-20-21(28-23(29-22(20)31)30-12-8-18(24)9-13-30)25-14-17-6-3-4-7-19(17)32-11-5-10-27-32/h3-7,10-11,15-16,18H,8-9,12-14,24H2,1-2H3,(H,25,28,29). The van der Waals surface area contributed by atoms with Crippen LogP contribution in [0.2, 0.25) is 0 Å². The van der Waals surface area contributed by atoms with E-state index in [9.17, 15) is 0 Å². The second kappa shape index (κ2) is 8.58. The van der Waals surface area contributed by atoms with Crippen LogP contribution in [-0.4, -0.2) is 48.4 Å². The first-order chi connectivity index (χ1) is 15.6. The molecule has 1 aromatic carbocycles. The molecule has 9 heteroatoms. The third-order valence-electron chi connectivity index (χ3n) is 5.98. The fraction of sp³-hybridized carbons (Fsp3) is 0.391. The maximum Gasteiger partial charge on any atom is 0.229 e. The van der Waals surface area contributed by atoms with E-state index in [0.29, 0.717) is 6.54 Å². The number of fused-ring (bicyclic) bond motifs is 1. The summed E-state index contributed by atoms with van der Waals surface area (Å²) >= 11 is 0. The molecule has 4 aromatic rings. The van der Waals surface area contributed by atoms with Gasteiger partial charge in [0.2, 0.25) is 5.95 Å². The van der Waals surface area contributed by atoms with Crippen molar-refractivity contribution in [1.82, 2.24) is 29.3 Å². The minimum absolute atomic E-state index is 0.255. The van der Waals surface area contributed by atoms with E-state index in [-0.39, 0.29) is 12.1 Å². The quantitative estimate of drug-likeness (QED) is 0.483. The molecule has 1 aliphatic heterocycles. The van der Waals surface area contributed by atoms with Crippen molar-refractivity contribution < 1.29 is 0 Å². The molecule has 0 atom stereocenters. The molecule has 0 bridgehead atoms. The topological polar surface area (TPSA) is 103 Å². The number of nitrogens with one attached hydrogen (secondary N) is 1. The van der Waals surface area contributed by atoms with Gasteiger partial charge in [-0.15, -0.1) is 0 Å². The summed E-state index contributed by atoms with van der Waals surface area (Å²) in [4.78, 5) is 16.7.